The molecule has 1 heterocycles. The minimum absolute atomic E-state index is 0.00238. The van der Waals surface area contributed by atoms with Crippen molar-refractivity contribution in [2.75, 3.05) is 17.6 Å². The van der Waals surface area contributed by atoms with Crippen molar-refractivity contribution in [2.24, 2.45) is 0 Å². The lowest BCUT2D eigenvalue weighted by molar-refractivity contribution is -0.141. The van der Waals surface area contributed by atoms with Gasteiger partial charge in [0.1, 0.15) is 5.82 Å². The minimum atomic E-state index is -4.57. The lowest BCUT2D eigenvalue weighted by atomic mass is 10.3. The van der Waals surface area contributed by atoms with Crippen molar-refractivity contribution >= 4 is 17.7 Å². The third-order valence-electron chi connectivity index (χ3n) is 2.86. The molecule has 4 N–H and O–H groups in total. The predicted molar refractivity (Wildman–Crippen MR) is 70.3 cm³/mol. The Morgan fingerprint density at radius 3 is 2.71 bits per heavy atom. The maximum atomic E-state index is 12.5. The number of hydrogen-bond donors (Lipinski definition) is 3. The van der Waals surface area contributed by atoms with Crippen molar-refractivity contribution in [2.45, 2.75) is 37.9 Å². The van der Waals surface area contributed by atoms with Crippen LogP contribution in [0.5, 0.6) is 0 Å². The normalized spacial score (nSPS) is 14.8. The van der Waals surface area contributed by atoms with Crippen molar-refractivity contribution in [3.05, 3.63) is 11.8 Å². The topological polar surface area (TPSA) is 92.9 Å². The molecule has 116 valence electrons. The molecule has 0 bridgehead atoms. The average Bonchev–Trinajstić information content (AvgIpc) is 3.17. The van der Waals surface area contributed by atoms with E-state index in [9.17, 15) is 18.0 Å². The number of carbonyl (C=O) groups is 1. The van der Waals surface area contributed by atoms with E-state index in [0.717, 1.165) is 18.9 Å². The molecule has 0 atom stereocenters. The van der Waals surface area contributed by atoms with Crippen LogP contribution in [-0.4, -0.2) is 28.5 Å². The molecule has 1 aliphatic rings. The highest BCUT2D eigenvalue weighted by atomic mass is 19.4. The first-order valence-corrected chi connectivity index (χ1v) is 6.59. The SMILES string of the molecule is Nc1nc(NCCCC(=O)NC2CC2)cc(C(F)(F)F)n1. The second-order valence-electron chi connectivity index (χ2n) is 4.87. The van der Waals surface area contributed by atoms with Gasteiger partial charge in [0.05, 0.1) is 0 Å². The van der Waals surface area contributed by atoms with E-state index in [1.165, 1.54) is 0 Å². The van der Waals surface area contributed by atoms with E-state index < -0.39 is 17.8 Å². The fraction of sp³-hybridized carbons (Fsp3) is 0.583. The van der Waals surface area contributed by atoms with Crippen molar-refractivity contribution in [1.29, 1.82) is 0 Å². The van der Waals surface area contributed by atoms with E-state index in [1.54, 1.807) is 0 Å². The summed E-state index contributed by atoms with van der Waals surface area (Å²) in [7, 11) is 0. The summed E-state index contributed by atoms with van der Waals surface area (Å²) in [4.78, 5) is 18.2. The molecule has 0 aromatic carbocycles. The molecule has 6 nitrogen and oxygen atoms in total. The smallest absolute Gasteiger partial charge is 0.370 e. The van der Waals surface area contributed by atoms with Gasteiger partial charge < -0.3 is 16.4 Å². The van der Waals surface area contributed by atoms with Gasteiger partial charge in [0.25, 0.3) is 0 Å². The monoisotopic (exact) mass is 303 g/mol. The molecule has 1 aromatic heterocycles. The number of aromatic nitrogens is 2. The van der Waals surface area contributed by atoms with Crippen molar-refractivity contribution in [1.82, 2.24) is 15.3 Å². The van der Waals surface area contributed by atoms with Crippen LogP contribution in [0.4, 0.5) is 24.9 Å². The summed E-state index contributed by atoms with van der Waals surface area (Å²) in [6.45, 7) is 0.325. The van der Waals surface area contributed by atoms with Crippen LogP contribution in [0, 0.1) is 0 Å². The van der Waals surface area contributed by atoms with E-state index in [2.05, 4.69) is 20.6 Å². The van der Waals surface area contributed by atoms with Gasteiger partial charge in [-0.25, -0.2) is 4.98 Å². The fourth-order valence-electron chi connectivity index (χ4n) is 1.69. The molecule has 0 unspecified atom stereocenters. The summed E-state index contributed by atoms with van der Waals surface area (Å²) in [6.07, 6.45) is -1.73. The first-order valence-electron chi connectivity index (χ1n) is 6.59. The number of anilines is 2. The average molecular weight is 303 g/mol. The van der Waals surface area contributed by atoms with Gasteiger partial charge in [-0.15, -0.1) is 0 Å². The maximum absolute atomic E-state index is 12.5. The molecule has 1 aromatic rings. The number of halogens is 3. The Morgan fingerprint density at radius 2 is 2.10 bits per heavy atom. The number of nitrogen functional groups attached to an aromatic ring is 1. The highest BCUT2D eigenvalue weighted by Gasteiger charge is 2.33. The molecule has 1 saturated carbocycles. The van der Waals surface area contributed by atoms with Gasteiger partial charge in [0.15, 0.2) is 5.69 Å². The van der Waals surface area contributed by atoms with Crippen LogP contribution < -0.4 is 16.4 Å². The lowest BCUT2D eigenvalue weighted by Gasteiger charge is -2.10. The molecular formula is C12H16F3N5O. The van der Waals surface area contributed by atoms with Crippen LogP contribution in [0.1, 0.15) is 31.4 Å². The first-order chi connectivity index (χ1) is 9.84. The summed E-state index contributed by atoms with van der Waals surface area (Å²) in [5, 5.41) is 5.54. The molecule has 9 heteroatoms. The molecule has 2 rings (SSSR count). The van der Waals surface area contributed by atoms with E-state index >= 15 is 0 Å². The van der Waals surface area contributed by atoms with Crippen LogP contribution in [0.2, 0.25) is 0 Å². The Labute approximate surface area is 119 Å². The highest BCUT2D eigenvalue weighted by Crippen LogP contribution is 2.29. The molecule has 1 fully saturated rings. The van der Waals surface area contributed by atoms with Gasteiger partial charge in [-0.3, -0.25) is 4.79 Å². The third-order valence-corrected chi connectivity index (χ3v) is 2.86. The first kappa shape index (κ1) is 15.3. The molecule has 21 heavy (non-hydrogen) atoms. The fourth-order valence-corrected chi connectivity index (χ4v) is 1.69. The van der Waals surface area contributed by atoms with Crippen LogP contribution in [-0.2, 0) is 11.0 Å². The molecule has 0 aliphatic heterocycles. The molecule has 0 radical (unpaired) electrons. The van der Waals surface area contributed by atoms with Gasteiger partial charge in [0, 0.05) is 25.1 Å². The number of hydrogen-bond acceptors (Lipinski definition) is 5. The Hall–Kier alpha value is -2.06. The number of nitrogens with two attached hydrogens (primary N) is 1. The van der Waals surface area contributed by atoms with E-state index in [1.807, 2.05) is 0 Å². The standard InChI is InChI=1S/C12H16F3N5O/c13-12(14,15)8-6-9(20-11(16)19-8)17-5-1-2-10(21)18-7-3-4-7/h6-7H,1-5H2,(H,18,21)(H3,16,17,19,20). The Balaban J connectivity index is 1.79. The summed E-state index contributed by atoms with van der Waals surface area (Å²) < 4.78 is 37.6. The van der Waals surface area contributed by atoms with Crippen LogP contribution in [0.15, 0.2) is 6.07 Å². The van der Waals surface area contributed by atoms with E-state index in [4.69, 9.17) is 5.73 Å². The predicted octanol–water partition coefficient (Wildman–Crippen LogP) is 1.55. The van der Waals surface area contributed by atoms with Crippen LogP contribution in [0.3, 0.4) is 0 Å². The van der Waals surface area contributed by atoms with Crippen molar-refractivity contribution in [3.8, 4) is 0 Å². The van der Waals surface area contributed by atoms with Gasteiger partial charge in [0.2, 0.25) is 11.9 Å². The van der Waals surface area contributed by atoms with Gasteiger partial charge in [-0.1, -0.05) is 0 Å². The van der Waals surface area contributed by atoms with Crippen molar-refractivity contribution in [3.63, 3.8) is 0 Å². The second kappa shape index (κ2) is 6.15. The van der Waals surface area contributed by atoms with Crippen LogP contribution >= 0.6 is 0 Å². The summed E-state index contributed by atoms with van der Waals surface area (Å²) in [5.41, 5.74) is 4.15. The van der Waals surface area contributed by atoms with Crippen LogP contribution in [0.25, 0.3) is 0 Å². The third kappa shape index (κ3) is 5.09. The Kier molecular flexibility index (Phi) is 4.49. The zero-order valence-electron chi connectivity index (χ0n) is 11.2. The number of carbonyl (C=O) groups excluding carboxylic acids is 1. The molecule has 0 saturated heterocycles. The largest absolute Gasteiger partial charge is 0.433 e. The second-order valence-corrected chi connectivity index (χ2v) is 4.87. The zero-order valence-corrected chi connectivity index (χ0v) is 11.2. The Bertz CT molecular complexity index is 516. The molecule has 0 spiro atoms. The number of nitrogens with zero attached hydrogens (tertiary/aromatic N) is 2. The molecular weight excluding hydrogens is 287 g/mol. The van der Waals surface area contributed by atoms with Gasteiger partial charge >= 0.3 is 6.18 Å². The highest BCUT2D eigenvalue weighted by molar-refractivity contribution is 5.76. The van der Waals surface area contributed by atoms with E-state index in [-0.39, 0.29) is 11.7 Å². The minimum Gasteiger partial charge on any atom is -0.370 e. The Morgan fingerprint density at radius 1 is 1.38 bits per heavy atom. The quantitative estimate of drug-likeness (QED) is 0.693. The number of amides is 1. The van der Waals surface area contributed by atoms with Crippen molar-refractivity contribution < 1.29 is 18.0 Å². The lowest BCUT2D eigenvalue weighted by Crippen LogP contribution is -2.25. The number of nitrogens with one attached hydrogen (secondary N) is 2. The van der Waals surface area contributed by atoms with E-state index in [0.29, 0.717) is 25.4 Å². The van der Waals surface area contributed by atoms with Gasteiger partial charge in [-0.05, 0) is 19.3 Å². The number of rotatable bonds is 6. The molecule has 1 aliphatic carbocycles. The van der Waals surface area contributed by atoms with Gasteiger partial charge in [-0.2, -0.15) is 18.2 Å². The summed E-state index contributed by atoms with van der Waals surface area (Å²) >= 11 is 0. The summed E-state index contributed by atoms with van der Waals surface area (Å²) in [6, 6.07) is 1.10. The maximum Gasteiger partial charge on any atom is 0.433 e. The number of alkyl halides is 3. The molecule has 1 amide bonds. The zero-order chi connectivity index (χ0) is 15.5. The summed E-state index contributed by atoms with van der Waals surface area (Å²) in [5.74, 6) is -0.492.